The lowest BCUT2D eigenvalue weighted by atomic mass is 9.87. The first-order valence-electron chi connectivity index (χ1n) is 18.5. The highest BCUT2D eigenvalue weighted by molar-refractivity contribution is 6.70. The number of hydrogen-bond acceptors (Lipinski definition) is 7. The van der Waals surface area contributed by atoms with Crippen LogP contribution in [0.4, 0.5) is 22.0 Å². The van der Waals surface area contributed by atoms with Gasteiger partial charge in [0.15, 0.2) is 48.2 Å². The molecule has 0 saturated heterocycles. The predicted octanol–water partition coefficient (Wildman–Crippen LogP) is 10.8. The first-order chi connectivity index (χ1) is 24.1. The Labute approximate surface area is 311 Å². The fourth-order valence-electron chi connectivity index (χ4n) is 6.47. The van der Waals surface area contributed by atoms with Gasteiger partial charge in [0.1, 0.15) is 13.7 Å². The van der Waals surface area contributed by atoms with E-state index in [-0.39, 0.29) is 36.6 Å². The Kier molecular flexibility index (Phi) is 18.4. The van der Waals surface area contributed by atoms with Crippen LogP contribution in [0, 0.1) is 40.9 Å². The summed E-state index contributed by atoms with van der Waals surface area (Å²) in [5.41, 5.74) is -0.387. The van der Waals surface area contributed by atoms with Crippen LogP contribution in [-0.4, -0.2) is 62.1 Å². The third-order valence-electron chi connectivity index (χ3n) is 8.49. The highest BCUT2D eigenvalue weighted by Crippen LogP contribution is 2.42. The molecule has 52 heavy (non-hydrogen) atoms. The third kappa shape index (κ3) is 15.8. The van der Waals surface area contributed by atoms with Gasteiger partial charge in [-0.3, -0.25) is 4.79 Å². The van der Waals surface area contributed by atoms with Crippen molar-refractivity contribution in [1.29, 1.82) is 0 Å². The van der Waals surface area contributed by atoms with E-state index in [0.717, 1.165) is 37.8 Å². The van der Waals surface area contributed by atoms with Gasteiger partial charge < -0.3 is 22.9 Å². The van der Waals surface area contributed by atoms with Crippen molar-refractivity contribution < 1.29 is 49.6 Å². The normalized spacial score (nSPS) is 20.9. The Hall–Kier alpha value is -1.92. The summed E-state index contributed by atoms with van der Waals surface area (Å²) in [7, 11) is -4.22. The van der Waals surface area contributed by atoms with E-state index in [1.807, 2.05) is 0 Å². The average Bonchev–Trinajstić information content (AvgIpc) is 3.30. The van der Waals surface area contributed by atoms with Crippen LogP contribution in [0.2, 0.25) is 58.9 Å². The van der Waals surface area contributed by atoms with Crippen LogP contribution in [0.25, 0.3) is 0 Å². The predicted molar refractivity (Wildman–Crippen MR) is 203 cm³/mol. The fraction of sp³-hybridized carbons (Fsp3) is 0.730. The van der Waals surface area contributed by atoms with Crippen LogP contribution in [0.15, 0.2) is 17.3 Å². The molecule has 0 radical (unpaired) electrons. The molecule has 1 aromatic carbocycles. The quantitative estimate of drug-likeness (QED) is 0.0134. The Balaban J connectivity index is 2.24. The summed E-state index contributed by atoms with van der Waals surface area (Å²) >= 11 is 0. The number of carbonyl (C=O) groups is 1. The van der Waals surface area contributed by atoms with Crippen molar-refractivity contribution >= 4 is 36.6 Å². The van der Waals surface area contributed by atoms with Crippen molar-refractivity contribution in [1.82, 2.24) is 0 Å². The second kappa shape index (κ2) is 20.7. The van der Waals surface area contributed by atoms with Gasteiger partial charge in [0.25, 0.3) is 0 Å². The number of ether oxygens (including phenoxy) is 1. The molecule has 0 unspecified atom stereocenters. The molecule has 1 aromatic rings. The van der Waals surface area contributed by atoms with E-state index >= 15 is 0 Å². The molecule has 298 valence electrons. The lowest BCUT2D eigenvalue weighted by Gasteiger charge is -2.31. The first kappa shape index (κ1) is 46.2. The van der Waals surface area contributed by atoms with Gasteiger partial charge in [-0.1, -0.05) is 43.5 Å². The number of halogens is 5. The summed E-state index contributed by atoms with van der Waals surface area (Å²) in [6.07, 6.45) is 11.4. The molecule has 7 nitrogen and oxygen atoms in total. The summed E-state index contributed by atoms with van der Waals surface area (Å²) in [6, 6.07) is 0. The summed E-state index contributed by atoms with van der Waals surface area (Å²) in [5.74, 6) is -11.2. The molecule has 0 N–H and O–H groups in total. The van der Waals surface area contributed by atoms with Crippen molar-refractivity contribution in [3.05, 3.63) is 46.8 Å². The smallest absolute Gasteiger partial charge is 0.306 e. The molecule has 1 aliphatic rings. The number of oxime groups is 1. The Morgan fingerprint density at radius 3 is 1.88 bits per heavy atom. The number of rotatable bonds is 22. The second-order valence-corrected chi connectivity index (χ2v) is 30.0. The number of carbonyl (C=O) groups excluding carboxylic acids is 1. The number of benzene rings is 1. The van der Waals surface area contributed by atoms with Crippen LogP contribution in [0.1, 0.15) is 76.7 Å². The molecule has 5 atom stereocenters. The molecule has 0 spiro atoms. The standard InChI is InChI=1S/C37H62F5NO6Si3/c1-12-13-14-18-26(47-50(3,4)5)20-21-27-28(31(49-52(9,10)11)23-30(27)48-51(6,7)8)22-25(43-45-2)17-15-16-19-32(44)46-24-29-33(38)35(40)37(42)36(41)34(29)39/h20-21,26-28,30-31H,12-19,22-24H2,1-11H3/b21-20+,43-25+/t26-,27+,28+,30+,31-/m0/s1. The third-order valence-corrected chi connectivity index (χ3v) is 11.5. The molecule has 0 aromatic heterocycles. The summed E-state index contributed by atoms with van der Waals surface area (Å²) in [4.78, 5) is 17.6. The monoisotopic (exact) mass is 795 g/mol. The molecule has 2 rings (SSSR count). The maximum atomic E-state index is 14.0. The molecule has 1 aliphatic carbocycles. The van der Waals surface area contributed by atoms with Crippen molar-refractivity contribution in [3.8, 4) is 0 Å². The molecular formula is C37H62F5NO6Si3. The van der Waals surface area contributed by atoms with Gasteiger partial charge in [-0.25, -0.2) is 22.0 Å². The van der Waals surface area contributed by atoms with Crippen molar-refractivity contribution in [3.63, 3.8) is 0 Å². The molecule has 1 fully saturated rings. The molecular weight excluding hydrogens is 734 g/mol. The minimum Gasteiger partial charge on any atom is -0.461 e. The minimum atomic E-state index is -2.27. The van der Waals surface area contributed by atoms with Crippen molar-refractivity contribution in [2.45, 2.75) is 155 Å². The van der Waals surface area contributed by atoms with E-state index in [0.29, 0.717) is 25.7 Å². The van der Waals surface area contributed by atoms with Crippen LogP contribution in [0.3, 0.4) is 0 Å². The van der Waals surface area contributed by atoms with E-state index in [9.17, 15) is 26.7 Å². The van der Waals surface area contributed by atoms with Gasteiger partial charge in [0, 0.05) is 12.3 Å². The SMILES string of the molecule is CCCCC[C@@H](/C=C/[C@@H]1[C@@H](C/C(CCCCC(=O)OCc2c(F)c(F)c(F)c(F)c2F)=N/OC)[C@@H](O[Si](C)(C)C)C[C@H]1O[Si](C)(C)C)O[Si](C)(C)C. The fourth-order valence-corrected chi connectivity index (χ4v) is 9.92. The van der Waals surface area contributed by atoms with Crippen molar-refractivity contribution in [2.24, 2.45) is 17.0 Å². The van der Waals surface area contributed by atoms with E-state index in [1.165, 1.54) is 7.11 Å². The average molecular weight is 796 g/mol. The van der Waals surface area contributed by atoms with E-state index in [4.69, 9.17) is 22.9 Å². The summed E-state index contributed by atoms with van der Waals surface area (Å²) in [6.45, 7) is 20.9. The Morgan fingerprint density at radius 2 is 1.35 bits per heavy atom. The second-order valence-electron chi connectivity index (χ2n) is 16.6. The topological polar surface area (TPSA) is 75.6 Å². The maximum Gasteiger partial charge on any atom is 0.306 e. The number of unbranched alkanes of at least 4 members (excludes halogenated alkanes) is 3. The van der Waals surface area contributed by atoms with Crippen LogP contribution in [-0.2, 0) is 34.3 Å². The maximum absolute atomic E-state index is 14.0. The largest absolute Gasteiger partial charge is 0.461 e. The van der Waals surface area contributed by atoms with Crippen LogP contribution >= 0.6 is 0 Å². The summed E-state index contributed by atoms with van der Waals surface area (Å²) in [5, 5.41) is 4.38. The van der Waals surface area contributed by atoms with Gasteiger partial charge in [0.05, 0.1) is 29.6 Å². The van der Waals surface area contributed by atoms with Gasteiger partial charge >= 0.3 is 5.97 Å². The molecule has 1 saturated carbocycles. The Bertz CT molecular complexity index is 1330. The molecule has 0 amide bonds. The first-order valence-corrected chi connectivity index (χ1v) is 28.8. The lowest BCUT2D eigenvalue weighted by molar-refractivity contribution is -0.145. The minimum absolute atomic E-state index is 0.0179. The Morgan fingerprint density at radius 1 is 0.788 bits per heavy atom. The van der Waals surface area contributed by atoms with E-state index < -0.39 is 72.2 Å². The highest BCUT2D eigenvalue weighted by atomic mass is 28.4. The van der Waals surface area contributed by atoms with Gasteiger partial charge in [-0.2, -0.15) is 0 Å². The van der Waals surface area contributed by atoms with E-state index in [1.54, 1.807) is 0 Å². The number of hydrogen-bond donors (Lipinski definition) is 0. The highest BCUT2D eigenvalue weighted by Gasteiger charge is 2.46. The van der Waals surface area contributed by atoms with Gasteiger partial charge in [-0.15, -0.1) is 0 Å². The van der Waals surface area contributed by atoms with Gasteiger partial charge in [-0.05, 0) is 103 Å². The van der Waals surface area contributed by atoms with E-state index in [2.05, 4.69) is 83.2 Å². The lowest BCUT2D eigenvalue weighted by Crippen LogP contribution is -2.36. The van der Waals surface area contributed by atoms with Gasteiger partial charge in [0.2, 0.25) is 5.82 Å². The number of nitrogens with zero attached hydrogens (tertiary/aromatic N) is 1. The molecule has 0 bridgehead atoms. The zero-order valence-corrected chi connectivity index (χ0v) is 36.1. The molecule has 0 aliphatic heterocycles. The molecule has 0 heterocycles. The molecule has 15 heteroatoms. The van der Waals surface area contributed by atoms with Crippen molar-refractivity contribution in [2.75, 3.05) is 7.11 Å². The zero-order valence-electron chi connectivity index (χ0n) is 33.1. The summed E-state index contributed by atoms with van der Waals surface area (Å²) < 4.78 is 93.6. The zero-order chi connectivity index (χ0) is 39.4. The van der Waals surface area contributed by atoms with Crippen LogP contribution in [0.5, 0.6) is 0 Å². The number of esters is 1. The van der Waals surface area contributed by atoms with Crippen LogP contribution < -0.4 is 0 Å².